The SMILES string of the molecule is Cc1cc(C)cc(NC(=O)c2c(C(=O)Nc3ccc(Cl)cc3)sc3nc(C)cc(=O)n23)c1. The van der Waals surface area contributed by atoms with Crippen LogP contribution in [0.4, 0.5) is 11.4 Å². The van der Waals surface area contributed by atoms with E-state index in [-0.39, 0.29) is 15.5 Å². The Hall–Kier alpha value is -3.49. The van der Waals surface area contributed by atoms with Crippen molar-refractivity contribution in [3.05, 3.63) is 91.3 Å². The summed E-state index contributed by atoms with van der Waals surface area (Å²) in [5.74, 6) is -1.10. The van der Waals surface area contributed by atoms with E-state index in [0.717, 1.165) is 22.5 Å². The summed E-state index contributed by atoms with van der Waals surface area (Å²) in [5.41, 5.74) is 3.05. The number of halogens is 1. The second-order valence-corrected chi connectivity index (χ2v) is 8.84. The highest BCUT2D eigenvalue weighted by molar-refractivity contribution is 7.19. The van der Waals surface area contributed by atoms with Crippen molar-refractivity contribution >= 4 is 51.1 Å². The highest BCUT2D eigenvalue weighted by Crippen LogP contribution is 2.25. The fraction of sp³-hybridized carbons (Fsp3) is 0.130. The average molecular weight is 467 g/mol. The maximum absolute atomic E-state index is 13.3. The van der Waals surface area contributed by atoms with Crippen LogP contribution in [0.15, 0.2) is 53.3 Å². The molecule has 4 aromatic rings. The number of hydrogen-bond acceptors (Lipinski definition) is 5. The highest BCUT2D eigenvalue weighted by Gasteiger charge is 2.26. The van der Waals surface area contributed by atoms with Crippen LogP contribution in [-0.4, -0.2) is 21.2 Å². The molecule has 0 radical (unpaired) electrons. The van der Waals surface area contributed by atoms with Gasteiger partial charge in [-0.15, -0.1) is 0 Å². The van der Waals surface area contributed by atoms with Crippen LogP contribution in [0.3, 0.4) is 0 Å². The minimum absolute atomic E-state index is 0.0619. The lowest BCUT2D eigenvalue weighted by Gasteiger charge is -2.09. The zero-order valence-electron chi connectivity index (χ0n) is 17.5. The number of carbonyl (C=O) groups is 2. The monoisotopic (exact) mass is 466 g/mol. The summed E-state index contributed by atoms with van der Waals surface area (Å²) in [6, 6.07) is 13.5. The maximum Gasteiger partial charge on any atom is 0.274 e. The number of thiazole rings is 1. The molecule has 32 heavy (non-hydrogen) atoms. The van der Waals surface area contributed by atoms with Gasteiger partial charge in [0.05, 0.1) is 0 Å². The Kier molecular flexibility index (Phi) is 5.82. The lowest BCUT2D eigenvalue weighted by molar-refractivity contribution is 0.0989. The van der Waals surface area contributed by atoms with Gasteiger partial charge in [0.1, 0.15) is 10.6 Å². The van der Waals surface area contributed by atoms with Crippen LogP contribution >= 0.6 is 22.9 Å². The molecule has 7 nitrogen and oxygen atoms in total. The lowest BCUT2D eigenvalue weighted by atomic mass is 10.1. The average Bonchev–Trinajstić information content (AvgIpc) is 3.09. The Bertz CT molecular complexity index is 1400. The van der Waals surface area contributed by atoms with Crippen LogP contribution in [0, 0.1) is 20.8 Å². The van der Waals surface area contributed by atoms with E-state index in [2.05, 4.69) is 15.6 Å². The van der Waals surface area contributed by atoms with Crippen LogP contribution in [-0.2, 0) is 0 Å². The van der Waals surface area contributed by atoms with Crippen molar-refractivity contribution in [2.45, 2.75) is 20.8 Å². The van der Waals surface area contributed by atoms with Crippen LogP contribution < -0.4 is 16.2 Å². The number of nitrogens with zero attached hydrogens (tertiary/aromatic N) is 2. The van der Waals surface area contributed by atoms with E-state index < -0.39 is 17.4 Å². The number of hydrogen-bond donors (Lipinski definition) is 2. The molecule has 0 aliphatic heterocycles. The van der Waals surface area contributed by atoms with Crippen LogP contribution in [0.5, 0.6) is 0 Å². The van der Waals surface area contributed by atoms with E-state index in [9.17, 15) is 14.4 Å². The van der Waals surface area contributed by atoms with Gasteiger partial charge in [-0.05, 0) is 68.3 Å². The molecule has 0 aliphatic rings. The van der Waals surface area contributed by atoms with Gasteiger partial charge in [-0.2, -0.15) is 0 Å². The van der Waals surface area contributed by atoms with Crippen LogP contribution in [0.2, 0.25) is 5.02 Å². The third-order valence-electron chi connectivity index (χ3n) is 4.65. The molecule has 2 aromatic heterocycles. The standard InChI is InChI=1S/C23H19ClN4O3S/c1-12-8-13(2)10-17(9-12)27-21(30)19-20(22(31)26-16-6-4-15(24)5-7-16)32-23-25-14(3)11-18(29)28(19)23/h4-11H,1-3H3,(H,26,31)(H,27,30). The zero-order valence-corrected chi connectivity index (χ0v) is 19.1. The Labute approximate surface area is 192 Å². The molecule has 0 atom stereocenters. The first-order chi connectivity index (χ1) is 15.2. The van der Waals surface area contributed by atoms with Crippen molar-refractivity contribution in [1.29, 1.82) is 0 Å². The Morgan fingerprint density at radius 2 is 1.53 bits per heavy atom. The first-order valence-electron chi connectivity index (χ1n) is 9.71. The quantitative estimate of drug-likeness (QED) is 0.450. The van der Waals surface area contributed by atoms with Crippen molar-refractivity contribution < 1.29 is 9.59 Å². The van der Waals surface area contributed by atoms with Gasteiger partial charge in [-0.1, -0.05) is 29.0 Å². The molecule has 2 N–H and O–H groups in total. The van der Waals surface area contributed by atoms with E-state index in [4.69, 9.17) is 11.6 Å². The molecule has 2 heterocycles. The fourth-order valence-electron chi connectivity index (χ4n) is 3.40. The largest absolute Gasteiger partial charge is 0.321 e. The van der Waals surface area contributed by atoms with Gasteiger partial charge < -0.3 is 10.6 Å². The lowest BCUT2D eigenvalue weighted by Crippen LogP contribution is -2.25. The number of aryl methyl sites for hydroxylation is 3. The van der Waals surface area contributed by atoms with E-state index in [0.29, 0.717) is 22.1 Å². The van der Waals surface area contributed by atoms with Gasteiger partial charge in [0, 0.05) is 28.2 Å². The van der Waals surface area contributed by atoms with Crippen molar-refractivity contribution in [2.75, 3.05) is 10.6 Å². The molecule has 4 rings (SSSR count). The predicted octanol–water partition coefficient (Wildman–Crippen LogP) is 4.84. The van der Waals surface area contributed by atoms with Gasteiger partial charge in [0.2, 0.25) is 0 Å². The summed E-state index contributed by atoms with van der Waals surface area (Å²) in [5, 5.41) is 6.09. The number of anilines is 2. The third kappa shape index (κ3) is 4.42. The maximum atomic E-state index is 13.3. The number of carbonyl (C=O) groups excluding carboxylic acids is 2. The molecule has 0 saturated heterocycles. The summed E-state index contributed by atoms with van der Waals surface area (Å²) in [4.78, 5) is 43.8. The molecule has 9 heteroatoms. The smallest absolute Gasteiger partial charge is 0.274 e. The van der Waals surface area contributed by atoms with E-state index in [1.54, 1.807) is 31.2 Å². The Balaban J connectivity index is 1.80. The fourth-order valence-corrected chi connectivity index (χ4v) is 4.60. The number of fused-ring (bicyclic) bond motifs is 1. The minimum atomic E-state index is -0.574. The molecular weight excluding hydrogens is 448 g/mol. The van der Waals surface area contributed by atoms with Gasteiger partial charge in [0.25, 0.3) is 17.4 Å². The summed E-state index contributed by atoms with van der Waals surface area (Å²) >= 11 is 6.89. The second kappa shape index (κ2) is 8.57. The summed E-state index contributed by atoms with van der Waals surface area (Å²) in [6.07, 6.45) is 0. The summed E-state index contributed by atoms with van der Waals surface area (Å²) in [6.45, 7) is 5.53. The molecular formula is C23H19ClN4O3S. The van der Waals surface area contributed by atoms with E-state index >= 15 is 0 Å². The normalized spacial score (nSPS) is 10.9. The molecule has 0 fully saturated rings. The van der Waals surface area contributed by atoms with Gasteiger partial charge in [-0.25, -0.2) is 9.38 Å². The topological polar surface area (TPSA) is 92.6 Å². The Morgan fingerprint density at radius 3 is 2.19 bits per heavy atom. The molecule has 0 bridgehead atoms. The summed E-state index contributed by atoms with van der Waals surface area (Å²) in [7, 11) is 0. The van der Waals surface area contributed by atoms with Crippen molar-refractivity contribution in [3.8, 4) is 0 Å². The van der Waals surface area contributed by atoms with Crippen molar-refractivity contribution in [1.82, 2.24) is 9.38 Å². The number of nitrogens with one attached hydrogen (secondary N) is 2. The summed E-state index contributed by atoms with van der Waals surface area (Å²) < 4.78 is 1.17. The van der Waals surface area contributed by atoms with Gasteiger partial charge >= 0.3 is 0 Å². The van der Waals surface area contributed by atoms with Crippen molar-refractivity contribution in [3.63, 3.8) is 0 Å². The number of rotatable bonds is 4. The Morgan fingerprint density at radius 1 is 0.906 bits per heavy atom. The first-order valence-corrected chi connectivity index (χ1v) is 10.9. The minimum Gasteiger partial charge on any atom is -0.321 e. The first kappa shape index (κ1) is 21.7. The third-order valence-corrected chi connectivity index (χ3v) is 5.94. The van der Waals surface area contributed by atoms with Gasteiger partial charge in [0.15, 0.2) is 4.96 Å². The number of benzene rings is 2. The predicted molar refractivity (Wildman–Crippen MR) is 127 cm³/mol. The molecule has 162 valence electrons. The van der Waals surface area contributed by atoms with Crippen LogP contribution in [0.25, 0.3) is 4.96 Å². The molecule has 0 unspecified atom stereocenters. The highest BCUT2D eigenvalue weighted by atomic mass is 35.5. The van der Waals surface area contributed by atoms with Crippen LogP contribution in [0.1, 0.15) is 37.0 Å². The number of aromatic nitrogens is 2. The zero-order chi connectivity index (χ0) is 23.0. The van der Waals surface area contributed by atoms with E-state index in [1.165, 1.54) is 10.5 Å². The molecule has 2 amide bonds. The van der Waals surface area contributed by atoms with E-state index in [1.807, 2.05) is 32.0 Å². The molecule has 0 spiro atoms. The second-order valence-electron chi connectivity index (χ2n) is 7.43. The molecule has 0 aliphatic carbocycles. The van der Waals surface area contributed by atoms with Gasteiger partial charge in [-0.3, -0.25) is 14.4 Å². The number of amides is 2. The molecule has 2 aromatic carbocycles. The molecule has 0 saturated carbocycles. The van der Waals surface area contributed by atoms with Crippen molar-refractivity contribution in [2.24, 2.45) is 0 Å².